The number of fused-ring (bicyclic) bond motifs is 2. The lowest BCUT2D eigenvalue weighted by Gasteiger charge is -2.44. The molecule has 3 heterocycles. The molecule has 6 rings (SSSR count). The number of hydroxylamine groups is 2. The normalized spacial score (nSPS) is 20.4. The monoisotopic (exact) mass is 479 g/mol. The number of pyridine rings is 1. The molecule has 1 atom stereocenters. The van der Waals surface area contributed by atoms with Crippen LogP contribution in [0.4, 0.5) is 5.82 Å². The number of Topliss-reactive ketones (excluding diaryl/α,β-unsaturated/α-hetero) is 1. The van der Waals surface area contributed by atoms with Gasteiger partial charge < -0.3 is 4.90 Å². The van der Waals surface area contributed by atoms with Crippen LogP contribution in [0.3, 0.4) is 0 Å². The molecule has 180 valence electrons. The number of aromatic nitrogens is 1. The summed E-state index contributed by atoms with van der Waals surface area (Å²) in [5.74, 6) is -0.484. The number of amides is 2. The van der Waals surface area contributed by atoms with Gasteiger partial charge in [-0.15, -0.1) is 5.06 Å². The van der Waals surface area contributed by atoms with Crippen molar-refractivity contribution in [3.05, 3.63) is 106 Å². The van der Waals surface area contributed by atoms with Crippen LogP contribution in [-0.2, 0) is 9.63 Å². The van der Waals surface area contributed by atoms with Gasteiger partial charge in [-0.1, -0.05) is 62.4 Å². The summed E-state index contributed by atoms with van der Waals surface area (Å²) in [6.07, 6.45) is 2.79. The van der Waals surface area contributed by atoms with Gasteiger partial charge in [0.15, 0.2) is 12.5 Å². The summed E-state index contributed by atoms with van der Waals surface area (Å²) in [6, 6.07) is 20.5. The molecule has 3 aliphatic rings. The van der Waals surface area contributed by atoms with E-state index in [0.29, 0.717) is 29.8 Å². The number of anilines is 1. The molecule has 1 aromatic heterocycles. The highest BCUT2D eigenvalue weighted by Gasteiger charge is 2.45. The first-order chi connectivity index (χ1) is 17.4. The van der Waals surface area contributed by atoms with E-state index in [4.69, 9.17) is 4.84 Å². The molecule has 36 heavy (non-hydrogen) atoms. The molecule has 7 heteroatoms. The Balaban J connectivity index is 1.43. The maximum atomic E-state index is 13.6. The standard InChI is InChI=1S/C29H25N3O4/c1-29(2)15-22-25(23(33)16-29)24(18-9-4-3-5-10-18)21-13-8-14-30-26(21)31(22)17-36-32-27(34)19-11-6-7-12-20(19)28(32)35/h3-14,24H,15-17H2,1-2H3. The molecular formula is C29H25N3O4. The van der Waals surface area contributed by atoms with Crippen LogP contribution >= 0.6 is 0 Å². The molecule has 2 amide bonds. The van der Waals surface area contributed by atoms with E-state index in [1.54, 1.807) is 30.5 Å². The first-order valence-electron chi connectivity index (χ1n) is 12.0. The number of ketones is 1. The Bertz CT molecular complexity index is 1410. The van der Waals surface area contributed by atoms with Crippen LogP contribution in [0.2, 0.25) is 0 Å². The van der Waals surface area contributed by atoms with Crippen LogP contribution < -0.4 is 4.90 Å². The fourth-order valence-electron chi connectivity index (χ4n) is 5.54. The van der Waals surface area contributed by atoms with Crippen LogP contribution in [0, 0.1) is 5.41 Å². The fourth-order valence-corrected chi connectivity index (χ4v) is 5.54. The molecule has 2 aromatic carbocycles. The molecule has 0 saturated carbocycles. The minimum absolute atomic E-state index is 0.0929. The first-order valence-corrected chi connectivity index (χ1v) is 12.0. The third-order valence-corrected chi connectivity index (χ3v) is 7.10. The van der Waals surface area contributed by atoms with Crippen molar-refractivity contribution in [1.82, 2.24) is 10.0 Å². The van der Waals surface area contributed by atoms with Gasteiger partial charge in [0.25, 0.3) is 11.8 Å². The van der Waals surface area contributed by atoms with Gasteiger partial charge in [-0.3, -0.25) is 14.4 Å². The lowest BCUT2D eigenvalue weighted by atomic mass is 9.68. The number of benzene rings is 2. The van der Waals surface area contributed by atoms with Crippen molar-refractivity contribution in [2.24, 2.45) is 5.41 Å². The summed E-state index contributed by atoms with van der Waals surface area (Å²) >= 11 is 0. The lowest BCUT2D eigenvalue weighted by molar-refractivity contribution is -0.118. The largest absolute Gasteiger partial charge is 0.303 e. The van der Waals surface area contributed by atoms with E-state index in [9.17, 15) is 14.4 Å². The molecule has 0 N–H and O–H groups in total. The SMILES string of the molecule is CC1(C)CC(=O)C2=C(C1)N(CON1C(=O)c3ccccc3C1=O)c1ncccc1C2c1ccccc1. The third kappa shape index (κ3) is 3.46. The van der Waals surface area contributed by atoms with Gasteiger partial charge in [-0.2, -0.15) is 0 Å². The highest BCUT2D eigenvalue weighted by atomic mass is 16.7. The summed E-state index contributed by atoms with van der Waals surface area (Å²) in [5, 5.41) is 0.812. The fraction of sp³-hybridized carbons (Fsp3) is 0.241. The zero-order chi connectivity index (χ0) is 25.0. The molecule has 2 aliphatic heterocycles. The average molecular weight is 480 g/mol. The average Bonchev–Trinajstić information content (AvgIpc) is 3.11. The van der Waals surface area contributed by atoms with E-state index in [-0.39, 0.29) is 23.8 Å². The zero-order valence-electron chi connectivity index (χ0n) is 20.1. The highest BCUT2D eigenvalue weighted by Crippen LogP contribution is 2.50. The Labute approximate surface area is 209 Å². The molecule has 1 unspecified atom stereocenters. The summed E-state index contributed by atoms with van der Waals surface area (Å²) in [7, 11) is 0. The van der Waals surface area contributed by atoms with Crippen molar-refractivity contribution in [3.8, 4) is 0 Å². The lowest BCUT2D eigenvalue weighted by Crippen LogP contribution is -2.43. The Morgan fingerprint density at radius 1 is 0.889 bits per heavy atom. The second kappa shape index (κ2) is 8.24. The topological polar surface area (TPSA) is 79.8 Å². The number of hydrogen-bond donors (Lipinski definition) is 0. The van der Waals surface area contributed by atoms with Crippen LogP contribution in [0.25, 0.3) is 0 Å². The predicted molar refractivity (Wildman–Crippen MR) is 133 cm³/mol. The first kappa shape index (κ1) is 22.4. The molecule has 0 fully saturated rings. The third-order valence-electron chi connectivity index (χ3n) is 7.10. The maximum Gasteiger partial charge on any atom is 0.285 e. The summed E-state index contributed by atoms with van der Waals surface area (Å²) in [6.45, 7) is 4.02. The van der Waals surface area contributed by atoms with E-state index in [2.05, 4.69) is 18.8 Å². The number of nitrogens with zero attached hydrogens (tertiary/aromatic N) is 3. The van der Waals surface area contributed by atoms with Gasteiger partial charge in [-0.05, 0) is 35.6 Å². The van der Waals surface area contributed by atoms with Crippen molar-refractivity contribution < 1.29 is 19.2 Å². The van der Waals surface area contributed by atoms with E-state index in [0.717, 1.165) is 27.5 Å². The number of carbonyl (C=O) groups is 3. The molecule has 0 radical (unpaired) electrons. The van der Waals surface area contributed by atoms with Gasteiger partial charge in [0.1, 0.15) is 5.82 Å². The van der Waals surface area contributed by atoms with Gasteiger partial charge in [0.2, 0.25) is 0 Å². The van der Waals surface area contributed by atoms with Crippen molar-refractivity contribution in [2.45, 2.75) is 32.6 Å². The quantitative estimate of drug-likeness (QED) is 0.497. The van der Waals surface area contributed by atoms with E-state index in [1.165, 1.54) is 0 Å². The van der Waals surface area contributed by atoms with Crippen LogP contribution in [0.1, 0.15) is 64.4 Å². The zero-order valence-corrected chi connectivity index (χ0v) is 20.1. The van der Waals surface area contributed by atoms with Crippen LogP contribution in [-0.4, -0.2) is 34.4 Å². The van der Waals surface area contributed by atoms with Crippen molar-refractivity contribution in [3.63, 3.8) is 0 Å². The number of hydrogen-bond acceptors (Lipinski definition) is 6. The Morgan fingerprint density at radius 3 is 2.25 bits per heavy atom. The number of carbonyl (C=O) groups excluding carboxylic acids is 3. The van der Waals surface area contributed by atoms with Crippen LogP contribution in [0.15, 0.2) is 84.2 Å². The van der Waals surface area contributed by atoms with Gasteiger partial charge >= 0.3 is 0 Å². The minimum Gasteiger partial charge on any atom is -0.303 e. The number of imide groups is 1. The van der Waals surface area contributed by atoms with Gasteiger partial charge in [0.05, 0.1) is 11.1 Å². The molecule has 0 bridgehead atoms. The summed E-state index contributed by atoms with van der Waals surface area (Å²) in [5.41, 5.74) is 3.85. The summed E-state index contributed by atoms with van der Waals surface area (Å²) in [4.78, 5) is 51.8. The summed E-state index contributed by atoms with van der Waals surface area (Å²) < 4.78 is 0. The van der Waals surface area contributed by atoms with E-state index in [1.807, 2.05) is 47.4 Å². The molecule has 1 aliphatic carbocycles. The van der Waals surface area contributed by atoms with Gasteiger partial charge in [-0.25, -0.2) is 9.82 Å². The maximum absolute atomic E-state index is 13.6. The van der Waals surface area contributed by atoms with E-state index < -0.39 is 11.8 Å². The highest BCUT2D eigenvalue weighted by molar-refractivity contribution is 6.20. The Kier molecular flexibility index (Phi) is 5.12. The van der Waals surface area contributed by atoms with Crippen molar-refractivity contribution in [1.29, 1.82) is 0 Å². The van der Waals surface area contributed by atoms with E-state index >= 15 is 0 Å². The van der Waals surface area contributed by atoms with Crippen molar-refractivity contribution >= 4 is 23.4 Å². The van der Waals surface area contributed by atoms with Crippen molar-refractivity contribution in [2.75, 3.05) is 11.6 Å². The molecule has 0 saturated heterocycles. The second-order valence-electron chi connectivity index (χ2n) is 10.2. The second-order valence-corrected chi connectivity index (χ2v) is 10.2. The minimum atomic E-state index is -0.495. The molecule has 3 aromatic rings. The number of allylic oxidation sites excluding steroid dienone is 2. The Morgan fingerprint density at radius 2 is 1.56 bits per heavy atom. The smallest absolute Gasteiger partial charge is 0.285 e. The molecular weight excluding hydrogens is 454 g/mol. The molecule has 7 nitrogen and oxygen atoms in total. The van der Waals surface area contributed by atoms with Crippen LogP contribution in [0.5, 0.6) is 0 Å². The molecule has 0 spiro atoms. The predicted octanol–water partition coefficient (Wildman–Crippen LogP) is 4.86. The Hall–Kier alpha value is -4.10. The van der Waals surface area contributed by atoms with Gasteiger partial charge in [0, 0.05) is 35.4 Å². The number of rotatable bonds is 4.